The molecule has 0 aromatic heterocycles. The fourth-order valence-electron chi connectivity index (χ4n) is 6.94. The Hall–Kier alpha value is -2.97. The van der Waals surface area contributed by atoms with Gasteiger partial charge < -0.3 is 24.4 Å². The number of hydrogen-bond acceptors (Lipinski definition) is 6. The number of esters is 1. The smallest absolute Gasteiger partial charge is 0.312 e. The molecule has 8 heteroatoms. The number of nitrogens with zero attached hydrogens (tertiary/aromatic N) is 2. The van der Waals surface area contributed by atoms with E-state index in [-0.39, 0.29) is 31.6 Å². The number of likely N-dealkylation sites (tertiary alicyclic amines) is 1. The Morgan fingerprint density at radius 1 is 1.18 bits per heavy atom. The number of aliphatic hydroxyl groups excluding tert-OH is 1. The molecule has 4 rings (SSSR count). The highest BCUT2D eigenvalue weighted by Crippen LogP contribution is 2.63. The van der Waals surface area contributed by atoms with Gasteiger partial charge in [0.15, 0.2) is 0 Å². The second-order valence-corrected chi connectivity index (χ2v) is 11.7. The number of carbonyl (C=O) groups excluding carboxylic acids is 3. The molecule has 3 aliphatic rings. The van der Waals surface area contributed by atoms with Crippen molar-refractivity contribution in [1.29, 1.82) is 0 Å². The topological polar surface area (TPSA) is 96.4 Å². The Morgan fingerprint density at radius 3 is 2.65 bits per heavy atom. The third kappa shape index (κ3) is 5.23. The Morgan fingerprint density at radius 2 is 1.95 bits per heavy atom. The summed E-state index contributed by atoms with van der Waals surface area (Å²) in [6, 6.07) is 5.06. The number of allylic oxidation sites excluding steroid dienone is 1. The second kappa shape index (κ2) is 12.3. The van der Waals surface area contributed by atoms with E-state index in [4.69, 9.17) is 9.47 Å². The minimum absolute atomic E-state index is 0.00430. The molecule has 8 nitrogen and oxygen atoms in total. The van der Waals surface area contributed by atoms with Gasteiger partial charge in [-0.3, -0.25) is 14.4 Å². The van der Waals surface area contributed by atoms with E-state index in [9.17, 15) is 19.5 Å². The van der Waals surface area contributed by atoms with Gasteiger partial charge in [-0.2, -0.15) is 0 Å². The van der Waals surface area contributed by atoms with Crippen LogP contribution in [0.5, 0.6) is 0 Å². The maximum absolute atomic E-state index is 14.6. The van der Waals surface area contributed by atoms with Crippen LogP contribution in [0, 0.1) is 25.7 Å². The Kier molecular flexibility index (Phi) is 9.20. The van der Waals surface area contributed by atoms with Gasteiger partial charge in [0.1, 0.15) is 17.6 Å². The Bertz CT molecular complexity index is 1150. The van der Waals surface area contributed by atoms with Gasteiger partial charge in [-0.1, -0.05) is 24.3 Å². The van der Waals surface area contributed by atoms with Gasteiger partial charge >= 0.3 is 5.97 Å². The van der Waals surface area contributed by atoms with Crippen LogP contribution in [-0.4, -0.2) is 71.3 Å². The first-order valence-electron chi connectivity index (χ1n) is 14.5. The molecule has 0 radical (unpaired) electrons. The van der Waals surface area contributed by atoms with Crippen LogP contribution < -0.4 is 4.90 Å². The predicted octanol–water partition coefficient (Wildman–Crippen LogP) is 4.26. The van der Waals surface area contributed by atoms with Crippen molar-refractivity contribution in [3.05, 3.63) is 54.6 Å². The van der Waals surface area contributed by atoms with Crippen molar-refractivity contribution >= 4 is 23.5 Å². The minimum atomic E-state index is -1.12. The van der Waals surface area contributed by atoms with Gasteiger partial charge in [-0.15, -0.1) is 13.2 Å². The summed E-state index contributed by atoms with van der Waals surface area (Å²) in [7, 11) is 0. The molecular weight excluding hydrogens is 508 g/mol. The van der Waals surface area contributed by atoms with Gasteiger partial charge in [0.2, 0.25) is 5.91 Å². The molecule has 218 valence electrons. The zero-order chi connectivity index (χ0) is 29.1. The molecule has 5 atom stereocenters. The lowest BCUT2D eigenvalue weighted by Gasteiger charge is -2.37. The lowest BCUT2D eigenvalue weighted by Crippen LogP contribution is -2.56. The number of anilines is 1. The normalized spacial score (nSPS) is 28.4. The fourth-order valence-corrected chi connectivity index (χ4v) is 6.94. The van der Waals surface area contributed by atoms with Gasteiger partial charge in [0, 0.05) is 25.4 Å². The van der Waals surface area contributed by atoms with Crippen LogP contribution in [0.25, 0.3) is 0 Å². The number of benzene rings is 1. The summed E-state index contributed by atoms with van der Waals surface area (Å²) in [6.07, 6.45) is 8.06. The molecule has 1 aromatic carbocycles. The summed E-state index contributed by atoms with van der Waals surface area (Å²) in [5, 5.41) is 9.41. The Balaban J connectivity index is 1.71. The van der Waals surface area contributed by atoms with Crippen LogP contribution in [0.3, 0.4) is 0 Å². The van der Waals surface area contributed by atoms with Crippen LogP contribution in [0.1, 0.15) is 63.0 Å². The van der Waals surface area contributed by atoms with Crippen LogP contribution in [0.4, 0.5) is 5.69 Å². The molecule has 0 saturated carbocycles. The number of unbranched alkanes of at least 4 members (excludes halogenated alkanes) is 3. The molecule has 1 aromatic rings. The molecule has 2 bridgehead atoms. The van der Waals surface area contributed by atoms with Crippen molar-refractivity contribution in [2.45, 2.75) is 83.0 Å². The van der Waals surface area contributed by atoms with Crippen molar-refractivity contribution in [2.24, 2.45) is 11.8 Å². The number of aliphatic hydroxyl groups is 1. The monoisotopic (exact) mass is 552 g/mol. The number of ether oxygens (including phenoxy) is 2. The first-order chi connectivity index (χ1) is 19.1. The third-order valence-corrected chi connectivity index (χ3v) is 8.85. The van der Waals surface area contributed by atoms with Gasteiger partial charge in [0.25, 0.3) is 5.91 Å². The van der Waals surface area contributed by atoms with E-state index < -0.39 is 35.0 Å². The zero-order valence-corrected chi connectivity index (χ0v) is 24.2. The van der Waals surface area contributed by atoms with Gasteiger partial charge in [-0.05, 0) is 82.9 Å². The van der Waals surface area contributed by atoms with E-state index in [1.165, 1.54) is 0 Å². The summed E-state index contributed by atoms with van der Waals surface area (Å²) >= 11 is 0. The van der Waals surface area contributed by atoms with Crippen LogP contribution >= 0.6 is 0 Å². The lowest BCUT2D eigenvalue weighted by atomic mass is 9.66. The number of aryl methyl sites for hydroxylation is 2. The molecule has 2 unspecified atom stereocenters. The van der Waals surface area contributed by atoms with Crippen molar-refractivity contribution < 1.29 is 29.0 Å². The zero-order valence-electron chi connectivity index (χ0n) is 24.2. The van der Waals surface area contributed by atoms with E-state index in [1.807, 2.05) is 45.0 Å². The van der Waals surface area contributed by atoms with Crippen LogP contribution in [0.2, 0.25) is 0 Å². The molecule has 1 N–H and O–H groups in total. The minimum Gasteiger partial charge on any atom is -0.465 e. The highest BCUT2D eigenvalue weighted by atomic mass is 16.6. The van der Waals surface area contributed by atoms with E-state index in [1.54, 1.807) is 15.9 Å². The van der Waals surface area contributed by atoms with E-state index in [2.05, 4.69) is 13.2 Å². The number of amides is 2. The molecule has 2 amide bonds. The summed E-state index contributed by atoms with van der Waals surface area (Å²) in [6.45, 7) is 14.3. The summed E-state index contributed by atoms with van der Waals surface area (Å²) in [5.41, 5.74) is 0.722. The molecule has 3 aliphatic heterocycles. The molecular formula is C32H44N2O6. The van der Waals surface area contributed by atoms with Crippen molar-refractivity contribution in [2.75, 3.05) is 31.2 Å². The van der Waals surface area contributed by atoms with E-state index in [0.717, 1.165) is 29.7 Å². The summed E-state index contributed by atoms with van der Waals surface area (Å²) in [5.74, 6) is -2.48. The van der Waals surface area contributed by atoms with Crippen LogP contribution in [-0.2, 0) is 23.9 Å². The van der Waals surface area contributed by atoms with Crippen molar-refractivity contribution in [1.82, 2.24) is 4.90 Å². The van der Waals surface area contributed by atoms with Crippen molar-refractivity contribution in [3.8, 4) is 0 Å². The van der Waals surface area contributed by atoms with Crippen molar-refractivity contribution in [3.63, 3.8) is 0 Å². The third-order valence-electron chi connectivity index (χ3n) is 8.85. The number of hydrogen-bond donors (Lipinski definition) is 1. The summed E-state index contributed by atoms with van der Waals surface area (Å²) in [4.78, 5) is 45.6. The van der Waals surface area contributed by atoms with E-state index in [0.29, 0.717) is 38.6 Å². The first-order valence-corrected chi connectivity index (χ1v) is 14.5. The maximum Gasteiger partial charge on any atom is 0.312 e. The lowest BCUT2D eigenvalue weighted by molar-refractivity contribution is -0.159. The first kappa shape index (κ1) is 30.0. The molecule has 3 saturated heterocycles. The molecule has 1 spiro atoms. The summed E-state index contributed by atoms with van der Waals surface area (Å²) < 4.78 is 12.4. The average molecular weight is 553 g/mol. The van der Waals surface area contributed by atoms with Gasteiger partial charge in [-0.25, -0.2) is 0 Å². The highest BCUT2D eigenvalue weighted by molar-refractivity contribution is 6.05. The van der Waals surface area contributed by atoms with Gasteiger partial charge in [0.05, 0.1) is 18.1 Å². The highest BCUT2D eigenvalue weighted by Gasteiger charge is 2.78. The number of fused-ring (bicyclic) bond motifs is 1. The standard InChI is InChI=1S/C32H44N2O6/c1-6-8-9-12-20-39-30(38)26-25-28(36)34(18-10-11-19-35)27(32(25)16-15-31(26,5)40-32)29(37)33(17-7-2)24-21-22(3)13-14-23(24)4/h6-7,13-14,21,25-27,35H,1-2,8-12,15-20H2,3-5H3/t25-,26+,27?,31-,32?/m0/s1. The average Bonchev–Trinajstić information content (AvgIpc) is 3.49. The fraction of sp³-hybridized carbons (Fsp3) is 0.594. The molecule has 3 heterocycles. The largest absolute Gasteiger partial charge is 0.465 e. The quantitative estimate of drug-likeness (QED) is 0.211. The van der Waals surface area contributed by atoms with Crippen LogP contribution in [0.15, 0.2) is 43.5 Å². The second-order valence-electron chi connectivity index (χ2n) is 11.7. The molecule has 0 aliphatic carbocycles. The maximum atomic E-state index is 14.6. The Labute approximate surface area is 238 Å². The number of rotatable bonds is 14. The predicted molar refractivity (Wildman–Crippen MR) is 154 cm³/mol. The SMILES string of the molecule is C=CCCCCOC(=O)[C@H]1[C@H]2C(=O)N(CCCCO)C(C(=O)N(CC=C)c3cc(C)ccc3C)C23CC[C@]1(C)O3. The number of carbonyl (C=O) groups is 3. The molecule has 3 fully saturated rings. The van der Waals surface area contributed by atoms with E-state index >= 15 is 0 Å². The molecule has 40 heavy (non-hydrogen) atoms.